The fourth-order valence-electron chi connectivity index (χ4n) is 0.907. The third kappa shape index (κ3) is 5.70. The number of ketones is 1. The van der Waals surface area contributed by atoms with E-state index >= 15 is 0 Å². The molecule has 1 amide bonds. The minimum Gasteiger partial charge on any atom is -0.299 e. The number of carbonyl (C=O) groups excluding carboxylic acids is 2. The summed E-state index contributed by atoms with van der Waals surface area (Å²) in [4.78, 5) is 22.6. The molecule has 0 unspecified atom stereocenters. The fourth-order valence-corrected chi connectivity index (χ4v) is 0.907. The van der Waals surface area contributed by atoms with E-state index in [0.717, 1.165) is 0 Å². The van der Waals surface area contributed by atoms with Crippen molar-refractivity contribution in [2.24, 2.45) is 5.41 Å². The van der Waals surface area contributed by atoms with Crippen LogP contribution >= 0.6 is 0 Å². The third-order valence-electron chi connectivity index (χ3n) is 1.76. The highest BCUT2D eigenvalue weighted by Crippen LogP contribution is 2.17. The van der Waals surface area contributed by atoms with Crippen LogP contribution in [0.5, 0.6) is 0 Å². The lowest BCUT2D eigenvalue weighted by Crippen LogP contribution is -2.36. The molecule has 4 heteroatoms. The Bertz CT molecular complexity index is 217. The highest BCUT2D eigenvalue weighted by Gasteiger charge is 2.21. The maximum Gasteiger partial charge on any atom is 0.234 e. The number of hydrazine groups is 1. The summed E-state index contributed by atoms with van der Waals surface area (Å²) < 4.78 is 0. The molecule has 0 heterocycles. The number of nitrogens with zero attached hydrogens (tertiary/aromatic N) is 1. The van der Waals surface area contributed by atoms with Crippen LogP contribution in [0.15, 0.2) is 0 Å². The number of hydrogen-bond acceptors (Lipinski definition) is 3. The van der Waals surface area contributed by atoms with Gasteiger partial charge in [0.15, 0.2) is 0 Å². The molecule has 0 saturated heterocycles. The van der Waals surface area contributed by atoms with Crippen LogP contribution < -0.4 is 5.43 Å². The van der Waals surface area contributed by atoms with E-state index in [9.17, 15) is 9.59 Å². The van der Waals surface area contributed by atoms with Crippen LogP contribution in [0, 0.1) is 5.41 Å². The van der Waals surface area contributed by atoms with Gasteiger partial charge in [-0.1, -0.05) is 20.8 Å². The summed E-state index contributed by atoms with van der Waals surface area (Å²) >= 11 is 0. The maximum absolute atomic E-state index is 11.5. The average molecular weight is 200 g/mol. The summed E-state index contributed by atoms with van der Waals surface area (Å²) in [6.07, 6.45) is 0.567. The van der Waals surface area contributed by atoms with Gasteiger partial charge in [-0.3, -0.25) is 15.0 Å². The first kappa shape index (κ1) is 13.1. The van der Waals surface area contributed by atoms with Gasteiger partial charge in [0.25, 0.3) is 0 Å². The third-order valence-corrected chi connectivity index (χ3v) is 1.76. The Kier molecular flexibility index (Phi) is 4.77. The summed E-state index contributed by atoms with van der Waals surface area (Å²) in [6.45, 7) is 5.58. The van der Waals surface area contributed by atoms with Crippen molar-refractivity contribution >= 4 is 11.7 Å². The van der Waals surface area contributed by atoms with Gasteiger partial charge in [0.2, 0.25) is 5.91 Å². The lowest BCUT2D eigenvalue weighted by Gasteiger charge is -2.17. The molecule has 1 N–H and O–H groups in total. The number of amides is 1. The number of Topliss-reactive ketones (excluding diaryl/α,β-unsaturated/α-hetero) is 1. The molecule has 0 aromatic rings. The molecule has 0 radical (unpaired) electrons. The van der Waals surface area contributed by atoms with Crippen LogP contribution in [-0.2, 0) is 9.59 Å². The summed E-state index contributed by atoms with van der Waals surface area (Å²) in [5, 5.41) is 1.57. The molecule has 0 aromatic carbocycles. The van der Waals surface area contributed by atoms with Gasteiger partial charge in [-0.15, -0.1) is 0 Å². The summed E-state index contributed by atoms with van der Waals surface area (Å²) in [6, 6.07) is 0. The van der Waals surface area contributed by atoms with Crippen LogP contribution in [0.1, 0.15) is 33.6 Å². The van der Waals surface area contributed by atoms with Crippen LogP contribution in [-0.4, -0.2) is 30.8 Å². The fraction of sp³-hybridized carbons (Fsp3) is 0.800. The van der Waals surface area contributed by atoms with Crippen molar-refractivity contribution in [1.29, 1.82) is 0 Å². The Hall–Kier alpha value is -0.900. The van der Waals surface area contributed by atoms with Crippen molar-refractivity contribution in [3.05, 3.63) is 0 Å². The molecule has 0 aliphatic heterocycles. The number of carbonyl (C=O) groups is 2. The lowest BCUT2D eigenvalue weighted by molar-refractivity contribution is -0.131. The van der Waals surface area contributed by atoms with Crippen molar-refractivity contribution in [2.45, 2.75) is 33.6 Å². The second kappa shape index (κ2) is 5.10. The molecule has 4 nitrogen and oxygen atoms in total. The van der Waals surface area contributed by atoms with Crippen LogP contribution in [0.4, 0.5) is 0 Å². The van der Waals surface area contributed by atoms with Crippen molar-refractivity contribution in [3.8, 4) is 0 Å². The Morgan fingerprint density at radius 1 is 1.14 bits per heavy atom. The Balaban J connectivity index is 3.84. The van der Waals surface area contributed by atoms with E-state index in [2.05, 4.69) is 5.43 Å². The molecule has 82 valence electrons. The first-order chi connectivity index (χ1) is 6.23. The van der Waals surface area contributed by atoms with Crippen molar-refractivity contribution in [1.82, 2.24) is 10.4 Å². The molecule has 0 aliphatic rings. The quantitative estimate of drug-likeness (QED) is 0.688. The predicted octanol–water partition coefficient (Wildman–Crippen LogP) is 0.975. The van der Waals surface area contributed by atoms with Gasteiger partial charge >= 0.3 is 0 Å². The van der Waals surface area contributed by atoms with Gasteiger partial charge in [-0.2, -0.15) is 0 Å². The zero-order valence-electron chi connectivity index (χ0n) is 9.68. The Morgan fingerprint density at radius 3 is 2.00 bits per heavy atom. The number of rotatable bonds is 4. The molecule has 0 aliphatic carbocycles. The number of nitrogens with one attached hydrogen (secondary N) is 1. The minimum atomic E-state index is -0.349. The maximum atomic E-state index is 11.5. The molecule has 0 bridgehead atoms. The van der Waals surface area contributed by atoms with E-state index < -0.39 is 0 Å². The molecule has 0 rings (SSSR count). The van der Waals surface area contributed by atoms with Gasteiger partial charge in [0.1, 0.15) is 5.78 Å². The topological polar surface area (TPSA) is 49.4 Å². The highest BCUT2D eigenvalue weighted by molar-refractivity contribution is 5.87. The zero-order chi connectivity index (χ0) is 11.4. The first-order valence-corrected chi connectivity index (χ1v) is 4.73. The van der Waals surface area contributed by atoms with E-state index in [-0.39, 0.29) is 23.5 Å². The molecular weight excluding hydrogens is 180 g/mol. The van der Waals surface area contributed by atoms with E-state index in [1.165, 1.54) is 0 Å². The number of hydrogen-bond donors (Lipinski definition) is 1. The Morgan fingerprint density at radius 2 is 1.64 bits per heavy atom. The van der Waals surface area contributed by atoms with Gasteiger partial charge in [0.05, 0.1) is 0 Å². The van der Waals surface area contributed by atoms with Crippen molar-refractivity contribution in [2.75, 3.05) is 14.1 Å². The van der Waals surface area contributed by atoms with Gasteiger partial charge in [-0.25, -0.2) is 5.01 Å². The van der Waals surface area contributed by atoms with E-state index in [4.69, 9.17) is 0 Å². The smallest absolute Gasteiger partial charge is 0.234 e. The molecule has 0 spiro atoms. The Labute approximate surface area is 85.6 Å². The second-order valence-corrected chi connectivity index (χ2v) is 4.60. The van der Waals surface area contributed by atoms with Gasteiger partial charge in [-0.05, 0) is 0 Å². The summed E-state index contributed by atoms with van der Waals surface area (Å²) in [5.41, 5.74) is 2.24. The monoisotopic (exact) mass is 200 g/mol. The van der Waals surface area contributed by atoms with Crippen molar-refractivity contribution < 1.29 is 9.59 Å². The second-order valence-electron chi connectivity index (χ2n) is 4.60. The molecule has 0 fully saturated rings. The summed E-state index contributed by atoms with van der Waals surface area (Å²) in [5.74, 6) is -0.000920. The molecule has 0 aromatic heterocycles. The SMILES string of the molecule is CN(C)NC(=O)CCC(=O)C(C)(C)C. The van der Waals surface area contributed by atoms with Crippen molar-refractivity contribution in [3.63, 3.8) is 0 Å². The van der Waals surface area contributed by atoms with Crippen LogP contribution in [0.25, 0.3) is 0 Å². The molecule has 14 heavy (non-hydrogen) atoms. The standard InChI is InChI=1S/C10H20N2O2/c1-10(2,3)8(13)6-7-9(14)11-12(4)5/h6-7H2,1-5H3,(H,11,14). The van der Waals surface area contributed by atoms with Crippen LogP contribution in [0.3, 0.4) is 0 Å². The first-order valence-electron chi connectivity index (χ1n) is 4.73. The average Bonchev–Trinajstić information content (AvgIpc) is 1.96. The van der Waals surface area contributed by atoms with E-state index in [1.807, 2.05) is 20.8 Å². The molecular formula is C10H20N2O2. The lowest BCUT2D eigenvalue weighted by atomic mass is 9.88. The highest BCUT2D eigenvalue weighted by atomic mass is 16.2. The van der Waals surface area contributed by atoms with E-state index in [1.54, 1.807) is 19.1 Å². The molecule has 0 atom stereocenters. The normalized spacial score (nSPS) is 11.6. The van der Waals surface area contributed by atoms with Gasteiger partial charge in [0, 0.05) is 32.4 Å². The summed E-state index contributed by atoms with van der Waals surface area (Å²) in [7, 11) is 3.48. The molecule has 0 saturated carbocycles. The predicted molar refractivity (Wildman–Crippen MR) is 55.5 cm³/mol. The van der Waals surface area contributed by atoms with Crippen LogP contribution in [0.2, 0.25) is 0 Å². The largest absolute Gasteiger partial charge is 0.299 e. The van der Waals surface area contributed by atoms with E-state index in [0.29, 0.717) is 6.42 Å². The zero-order valence-corrected chi connectivity index (χ0v) is 9.68. The minimum absolute atomic E-state index is 0.117. The van der Waals surface area contributed by atoms with Gasteiger partial charge < -0.3 is 0 Å².